The van der Waals surface area contributed by atoms with Gasteiger partial charge in [0.05, 0.1) is 16.3 Å². The van der Waals surface area contributed by atoms with Crippen molar-refractivity contribution in [2.75, 3.05) is 17.8 Å². The zero-order valence-corrected chi connectivity index (χ0v) is 13.5. The van der Waals surface area contributed by atoms with Gasteiger partial charge in [-0.05, 0) is 36.8 Å². The topological polar surface area (TPSA) is 49.7 Å². The molecule has 0 bridgehead atoms. The number of hydrogen-bond donors (Lipinski definition) is 0. The highest BCUT2D eigenvalue weighted by atomic mass is 32.2. The van der Waals surface area contributed by atoms with Crippen molar-refractivity contribution < 1.29 is 8.42 Å². The Labute approximate surface area is 131 Å². The maximum Gasteiger partial charge on any atom is 0.175 e. The first-order valence-electron chi connectivity index (χ1n) is 7.16. The highest BCUT2D eigenvalue weighted by Gasteiger charge is 2.17. The van der Waals surface area contributed by atoms with Gasteiger partial charge >= 0.3 is 0 Å². The molecule has 22 heavy (non-hydrogen) atoms. The molecule has 2 aromatic carbocycles. The molecule has 0 saturated carbocycles. The van der Waals surface area contributed by atoms with Crippen molar-refractivity contribution in [3.8, 4) is 0 Å². The highest BCUT2D eigenvalue weighted by molar-refractivity contribution is 7.90. The number of aryl methyl sites for hydroxylation is 1. The van der Waals surface area contributed by atoms with Crippen LogP contribution in [0.15, 0.2) is 58.5 Å². The van der Waals surface area contributed by atoms with E-state index in [-0.39, 0.29) is 0 Å². The van der Waals surface area contributed by atoms with Gasteiger partial charge in [-0.3, -0.25) is 5.01 Å². The SMILES string of the molecule is Cc1ccc(C2=NN(c3ccc(S(C)(=O)=O)cc3)CC2)cc1. The molecule has 114 valence electrons. The number of nitrogens with zero attached hydrogens (tertiary/aromatic N) is 2. The summed E-state index contributed by atoms with van der Waals surface area (Å²) < 4.78 is 23.0. The predicted molar refractivity (Wildman–Crippen MR) is 89.2 cm³/mol. The highest BCUT2D eigenvalue weighted by Crippen LogP contribution is 2.23. The third-order valence-corrected chi connectivity index (χ3v) is 4.88. The molecular formula is C17H18N2O2S. The molecule has 4 nitrogen and oxygen atoms in total. The summed E-state index contributed by atoms with van der Waals surface area (Å²) in [6.45, 7) is 2.87. The molecule has 0 radical (unpaired) electrons. The van der Waals surface area contributed by atoms with E-state index in [1.54, 1.807) is 24.3 Å². The number of hydrogen-bond acceptors (Lipinski definition) is 4. The average Bonchev–Trinajstić information content (AvgIpc) is 2.97. The van der Waals surface area contributed by atoms with E-state index in [0.29, 0.717) is 4.90 Å². The van der Waals surface area contributed by atoms with Crippen LogP contribution in [0.2, 0.25) is 0 Å². The summed E-state index contributed by atoms with van der Waals surface area (Å²) in [7, 11) is -3.16. The summed E-state index contributed by atoms with van der Waals surface area (Å²) in [6, 6.07) is 15.2. The first kappa shape index (κ1) is 14.8. The van der Waals surface area contributed by atoms with Gasteiger partial charge in [-0.15, -0.1) is 0 Å². The van der Waals surface area contributed by atoms with E-state index < -0.39 is 9.84 Å². The van der Waals surface area contributed by atoms with Gasteiger partial charge in [0.25, 0.3) is 0 Å². The van der Waals surface area contributed by atoms with Crippen LogP contribution in [-0.2, 0) is 9.84 Å². The minimum atomic E-state index is -3.16. The lowest BCUT2D eigenvalue weighted by molar-refractivity contribution is 0.602. The molecule has 0 aromatic heterocycles. The van der Waals surface area contributed by atoms with Crippen molar-refractivity contribution >= 4 is 21.2 Å². The molecule has 0 atom stereocenters. The number of benzene rings is 2. The minimum Gasteiger partial charge on any atom is -0.265 e. The van der Waals surface area contributed by atoms with Crippen molar-refractivity contribution in [1.82, 2.24) is 0 Å². The van der Waals surface area contributed by atoms with Crippen LogP contribution >= 0.6 is 0 Å². The van der Waals surface area contributed by atoms with Gasteiger partial charge in [-0.2, -0.15) is 5.10 Å². The normalized spacial score (nSPS) is 15.0. The molecule has 0 saturated heterocycles. The molecule has 0 fully saturated rings. The number of hydrazone groups is 1. The second-order valence-corrected chi connectivity index (χ2v) is 7.57. The van der Waals surface area contributed by atoms with Crippen molar-refractivity contribution in [2.24, 2.45) is 5.10 Å². The molecule has 0 amide bonds. The van der Waals surface area contributed by atoms with Crippen molar-refractivity contribution in [3.63, 3.8) is 0 Å². The Balaban J connectivity index is 1.83. The van der Waals surface area contributed by atoms with Crippen molar-refractivity contribution in [2.45, 2.75) is 18.2 Å². The lowest BCUT2D eigenvalue weighted by Crippen LogP contribution is -2.11. The molecule has 2 aromatic rings. The van der Waals surface area contributed by atoms with Crippen molar-refractivity contribution in [3.05, 3.63) is 59.7 Å². The lowest BCUT2D eigenvalue weighted by Gasteiger charge is -2.13. The quantitative estimate of drug-likeness (QED) is 0.875. The third kappa shape index (κ3) is 3.04. The lowest BCUT2D eigenvalue weighted by atomic mass is 10.1. The summed E-state index contributed by atoms with van der Waals surface area (Å²) in [4.78, 5) is 0.332. The Morgan fingerprint density at radius 3 is 2.23 bits per heavy atom. The monoisotopic (exact) mass is 314 g/mol. The zero-order chi connectivity index (χ0) is 15.7. The van der Waals surface area contributed by atoms with E-state index in [1.165, 1.54) is 11.8 Å². The minimum absolute atomic E-state index is 0.332. The number of anilines is 1. The Hall–Kier alpha value is -2.14. The molecule has 3 rings (SSSR count). The third-order valence-electron chi connectivity index (χ3n) is 3.75. The van der Waals surface area contributed by atoms with Gasteiger partial charge in [0.2, 0.25) is 0 Å². The van der Waals surface area contributed by atoms with Gasteiger partial charge in [0.15, 0.2) is 9.84 Å². The summed E-state index contributed by atoms with van der Waals surface area (Å²) in [5, 5.41) is 6.57. The fraction of sp³-hybridized carbons (Fsp3) is 0.235. The Kier molecular flexibility index (Phi) is 3.74. The largest absolute Gasteiger partial charge is 0.265 e. The van der Waals surface area contributed by atoms with E-state index >= 15 is 0 Å². The van der Waals surface area contributed by atoms with E-state index in [4.69, 9.17) is 0 Å². The van der Waals surface area contributed by atoms with Crippen molar-refractivity contribution in [1.29, 1.82) is 0 Å². The maximum atomic E-state index is 11.5. The van der Waals surface area contributed by atoms with Gasteiger partial charge in [-0.1, -0.05) is 29.8 Å². The van der Waals surface area contributed by atoms with E-state index in [2.05, 4.69) is 36.3 Å². The summed E-state index contributed by atoms with van der Waals surface area (Å²) in [5.41, 5.74) is 4.35. The van der Waals surface area contributed by atoms with Crippen LogP contribution < -0.4 is 5.01 Å². The Morgan fingerprint density at radius 1 is 1.00 bits per heavy atom. The standard InChI is InChI=1S/C17H18N2O2S/c1-13-3-5-14(6-4-13)17-11-12-19(18-17)15-7-9-16(10-8-15)22(2,20)21/h3-10H,11-12H2,1-2H3. The molecule has 1 aliphatic heterocycles. The Bertz CT molecular complexity index is 807. The molecule has 1 heterocycles. The summed E-state index contributed by atoms with van der Waals surface area (Å²) in [5.74, 6) is 0. The first-order chi connectivity index (χ1) is 10.4. The Morgan fingerprint density at radius 2 is 1.64 bits per heavy atom. The molecule has 0 unspecified atom stereocenters. The average molecular weight is 314 g/mol. The van der Waals surface area contributed by atoms with E-state index in [9.17, 15) is 8.42 Å². The summed E-state index contributed by atoms with van der Waals surface area (Å²) in [6.07, 6.45) is 2.10. The van der Waals surface area contributed by atoms with Crippen LogP contribution in [0.5, 0.6) is 0 Å². The van der Waals surface area contributed by atoms with Gasteiger partial charge in [0, 0.05) is 19.2 Å². The van der Waals surface area contributed by atoms with Crippen LogP contribution in [-0.4, -0.2) is 26.9 Å². The first-order valence-corrected chi connectivity index (χ1v) is 9.05. The molecule has 0 spiro atoms. The second kappa shape index (κ2) is 5.57. The fourth-order valence-corrected chi connectivity index (χ4v) is 3.09. The molecule has 1 aliphatic rings. The van der Waals surface area contributed by atoms with Gasteiger partial charge < -0.3 is 0 Å². The maximum absolute atomic E-state index is 11.5. The van der Waals surface area contributed by atoms with Gasteiger partial charge in [-0.25, -0.2) is 8.42 Å². The smallest absolute Gasteiger partial charge is 0.175 e. The molecule has 5 heteroatoms. The molecule has 0 aliphatic carbocycles. The van der Waals surface area contributed by atoms with E-state index in [1.807, 2.05) is 5.01 Å². The van der Waals surface area contributed by atoms with Crippen LogP contribution in [0, 0.1) is 6.92 Å². The second-order valence-electron chi connectivity index (χ2n) is 5.55. The van der Waals surface area contributed by atoms with Crippen LogP contribution in [0.3, 0.4) is 0 Å². The summed E-state index contributed by atoms with van der Waals surface area (Å²) >= 11 is 0. The van der Waals surface area contributed by atoms with Crippen LogP contribution in [0.1, 0.15) is 17.5 Å². The number of sulfone groups is 1. The van der Waals surface area contributed by atoms with Crippen LogP contribution in [0.4, 0.5) is 5.69 Å². The van der Waals surface area contributed by atoms with Crippen LogP contribution in [0.25, 0.3) is 0 Å². The molecular weight excluding hydrogens is 296 g/mol. The predicted octanol–water partition coefficient (Wildman–Crippen LogP) is 3.01. The number of rotatable bonds is 3. The fourth-order valence-electron chi connectivity index (χ4n) is 2.46. The zero-order valence-electron chi connectivity index (χ0n) is 12.7. The van der Waals surface area contributed by atoms with E-state index in [0.717, 1.165) is 29.9 Å². The van der Waals surface area contributed by atoms with Gasteiger partial charge in [0.1, 0.15) is 0 Å². The molecule has 0 N–H and O–H groups in total.